The Labute approximate surface area is 108 Å². The molecule has 0 aliphatic heterocycles. The van der Waals surface area contributed by atoms with Crippen molar-refractivity contribution in [2.24, 2.45) is 5.73 Å². The van der Waals surface area contributed by atoms with Gasteiger partial charge in [-0.1, -0.05) is 25.4 Å². The molecule has 0 spiro atoms. The largest absolute Gasteiger partial charge is 0.324 e. The lowest BCUT2D eigenvalue weighted by molar-refractivity contribution is 0.291. The van der Waals surface area contributed by atoms with Crippen molar-refractivity contribution in [3.05, 3.63) is 34.6 Å². The topological polar surface area (TPSA) is 29.3 Å². The van der Waals surface area contributed by atoms with Gasteiger partial charge in [0, 0.05) is 11.1 Å². The second kappa shape index (κ2) is 6.94. The molecule has 0 bridgehead atoms. The van der Waals surface area contributed by atoms with Gasteiger partial charge in [0.1, 0.15) is 5.82 Å². The first-order valence-electron chi connectivity index (χ1n) is 6.01. The summed E-state index contributed by atoms with van der Waals surface area (Å²) in [6.45, 7) is 7.13. The average Bonchev–Trinajstić information content (AvgIpc) is 2.33. The van der Waals surface area contributed by atoms with E-state index in [2.05, 4.69) is 18.7 Å². The van der Waals surface area contributed by atoms with Crippen LogP contribution in [0.25, 0.3) is 0 Å². The fourth-order valence-corrected chi connectivity index (χ4v) is 2.07. The van der Waals surface area contributed by atoms with Crippen LogP contribution in [-0.4, -0.2) is 24.5 Å². The zero-order valence-corrected chi connectivity index (χ0v) is 11.2. The van der Waals surface area contributed by atoms with Gasteiger partial charge in [0.25, 0.3) is 0 Å². The second-order valence-electron chi connectivity index (χ2n) is 4.09. The number of hydrogen-bond donors (Lipinski definition) is 1. The molecule has 0 radical (unpaired) electrons. The Morgan fingerprint density at radius 1 is 1.35 bits per heavy atom. The lowest BCUT2D eigenvalue weighted by atomic mass is 10.0. The van der Waals surface area contributed by atoms with Gasteiger partial charge in [0.2, 0.25) is 0 Å². The van der Waals surface area contributed by atoms with Crippen molar-refractivity contribution in [1.82, 2.24) is 4.90 Å². The Balaban J connectivity index is 2.63. The van der Waals surface area contributed by atoms with Crippen molar-refractivity contribution in [2.45, 2.75) is 26.3 Å². The van der Waals surface area contributed by atoms with Crippen molar-refractivity contribution < 1.29 is 4.39 Å². The van der Waals surface area contributed by atoms with Crippen LogP contribution >= 0.6 is 11.6 Å². The van der Waals surface area contributed by atoms with E-state index in [-0.39, 0.29) is 11.9 Å². The lowest BCUT2D eigenvalue weighted by Gasteiger charge is -2.21. The van der Waals surface area contributed by atoms with Gasteiger partial charge in [-0.25, -0.2) is 4.39 Å². The number of nitrogens with zero attached hydrogens (tertiary/aromatic N) is 1. The van der Waals surface area contributed by atoms with Crippen LogP contribution in [0.2, 0.25) is 5.02 Å². The molecule has 1 aromatic carbocycles. The van der Waals surface area contributed by atoms with E-state index >= 15 is 0 Å². The van der Waals surface area contributed by atoms with E-state index in [9.17, 15) is 4.39 Å². The number of halogens is 2. The highest BCUT2D eigenvalue weighted by Gasteiger charge is 2.12. The number of rotatable bonds is 6. The number of hydrogen-bond acceptors (Lipinski definition) is 2. The van der Waals surface area contributed by atoms with Gasteiger partial charge >= 0.3 is 0 Å². The number of nitrogens with two attached hydrogens (primary N) is 1. The highest BCUT2D eigenvalue weighted by atomic mass is 35.5. The first-order chi connectivity index (χ1) is 8.08. The van der Waals surface area contributed by atoms with Gasteiger partial charge in [-0.3, -0.25) is 0 Å². The Morgan fingerprint density at radius 2 is 2.00 bits per heavy atom. The molecule has 0 heterocycles. The Hall–Kier alpha value is -0.640. The predicted octanol–water partition coefficient (Wildman–Crippen LogP) is 3.21. The van der Waals surface area contributed by atoms with Gasteiger partial charge in [0.15, 0.2) is 0 Å². The first-order valence-corrected chi connectivity index (χ1v) is 6.39. The highest BCUT2D eigenvalue weighted by Crippen LogP contribution is 2.24. The van der Waals surface area contributed by atoms with Crippen LogP contribution in [-0.2, 0) is 0 Å². The molecular formula is C13H20ClFN2. The maximum atomic E-state index is 13.1. The second-order valence-corrected chi connectivity index (χ2v) is 4.50. The maximum Gasteiger partial charge on any atom is 0.123 e. The molecule has 0 amide bonds. The van der Waals surface area contributed by atoms with E-state index in [0.717, 1.165) is 26.1 Å². The summed E-state index contributed by atoms with van der Waals surface area (Å²) in [5.74, 6) is -0.289. The third kappa shape index (κ3) is 4.26. The molecule has 1 rings (SSSR count). The van der Waals surface area contributed by atoms with Crippen molar-refractivity contribution in [2.75, 3.05) is 19.6 Å². The lowest BCUT2D eigenvalue weighted by Crippen LogP contribution is -2.27. The minimum Gasteiger partial charge on any atom is -0.324 e. The van der Waals surface area contributed by atoms with Crippen molar-refractivity contribution in [3.8, 4) is 0 Å². The molecule has 0 aromatic heterocycles. The molecule has 1 unspecified atom stereocenters. The Kier molecular flexibility index (Phi) is 5.89. The summed E-state index contributed by atoms with van der Waals surface area (Å²) in [6, 6.07) is 4.13. The van der Waals surface area contributed by atoms with Crippen LogP contribution in [0, 0.1) is 5.82 Å². The number of benzene rings is 1. The van der Waals surface area contributed by atoms with Crippen LogP contribution in [0.5, 0.6) is 0 Å². The maximum absolute atomic E-state index is 13.1. The van der Waals surface area contributed by atoms with E-state index in [0.29, 0.717) is 10.6 Å². The fourth-order valence-electron chi connectivity index (χ4n) is 1.82. The normalized spacial score (nSPS) is 13.1. The van der Waals surface area contributed by atoms with Gasteiger partial charge in [-0.15, -0.1) is 0 Å². The first kappa shape index (κ1) is 14.4. The van der Waals surface area contributed by atoms with Gasteiger partial charge in [-0.05, 0) is 49.8 Å². The molecule has 96 valence electrons. The molecule has 17 heavy (non-hydrogen) atoms. The van der Waals surface area contributed by atoms with Crippen LogP contribution in [0.1, 0.15) is 31.9 Å². The van der Waals surface area contributed by atoms with Crippen LogP contribution < -0.4 is 5.73 Å². The minimum absolute atomic E-state index is 0.209. The molecule has 0 aliphatic rings. The van der Waals surface area contributed by atoms with Crippen molar-refractivity contribution in [3.63, 3.8) is 0 Å². The zero-order chi connectivity index (χ0) is 12.8. The Bertz CT molecular complexity index is 353. The molecular weight excluding hydrogens is 239 g/mol. The quantitative estimate of drug-likeness (QED) is 0.849. The zero-order valence-electron chi connectivity index (χ0n) is 10.4. The van der Waals surface area contributed by atoms with Crippen molar-refractivity contribution >= 4 is 11.6 Å². The summed E-state index contributed by atoms with van der Waals surface area (Å²) in [4.78, 5) is 2.28. The monoisotopic (exact) mass is 258 g/mol. The molecule has 0 saturated carbocycles. The van der Waals surface area contributed by atoms with Crippen LogP contribution in [0.15, 0.2) is 18.2 Å². The Morgan fingerprint density at radius 3 is 2.59 bits per heavy atom. The summed E-state index contributed by atoms with van der Waals surface area (Å²) in [7, 11) is 0. The minimum atomic E-state index is -0.289. The summed E-state index contributed by atoms with van der Waals surface area (Å²) in [6.07, 6.45) is 0.783. The van der Waals surface area contributed by atoms with Gasteiger partial charge in [-0.2, -0.15) is 0 Å². The molecule has 2 N–H and O–H groups in total. The van der Waals surface area contributed by atoms with E-state index in [1.807, 2.05) is 0 Å². The summed E-state index contributed by atoms with van der Waals surface area (Å²) in [5, 5.41) is 0.540. The van der Waals surface area contributed by atoms with E-state index in [1.54, 1.807) is 6.07 Å². The third-order valence-electron chi connectivity index (χ3n) is 3.01. The molecule has 0 aliphatic carbocycles. The molecule has 4 heteroatoms. The van der Waals surface area contributed by atoms with E-state index in [4.69, 9.17) is 17.3 Å². The van der Waals surface area contributed by atoms with Gasteiger partial charge < -0.3 is 10.6 Å². The third-order valence-corrected chi connectivity index (χ3v) is 3.35. The summed E-state index contributed by atoms with van der Waals surface area (Å²) in [5.41, 5.74) is 6.74. The van der Waals surface area contributed by atoms with Crippen LogP contribution in [0.4, 0.5) is 4.39 Å². The summed E-state index contributed by atoms with van der Waals surface area (Å²) >= 11 is 6.01. The molecule has 1 aromatic rings. The smallest absolute Gasteiger partial charge is 0.123 e. The fraction of sp³-hybridized carbons (Fsp3) is 0.538. The standard InChI is InChI=1S/C13H20ClFN2/c1-3-17(4-2)8-7-13(16)11-9-10(15)5-6-12(11)14/h5-6,9,13H,3-4,7-8,16H2,1-2H3. The van der Waals surface area contributed by atoms with E-state index in [1.165, 1.54) is 12.1 Å². The van der Waals surface area contributed by atoms with Crippen molar-refractivity contribution in [1.29, 1.82) is 0 Å². The average molecular weight is 259 g/mol. The van der Waals surface area contributed by atoms with Gasteiger partial charge in [0.05, 0.1) is 0 Å². The highest BCUT2D eigenvalue weighted by molar-refractivity contribution is 6.31. The van der Waals surface area contributed by atoms with Crippen LogP contribution in [0.3, 0.4) is 0 Å². The molecule has 0 saturated heterocycles. The predicted molar refractivity (Wildman–Crippen MR) is 70.7 cm³/mol. The SMILES string of the molecule is CCN(CC)CCC(N)c1cc(F)ccc1Cl. The summed E-state index contributed by atoms with van der Waals surface area (Å²) < 4.78 is 13.1. The molecule has 2 nitrogen and oxygen atoms in total. The van der Waals surface area contributed by atoms with E-state index < -0.39 is 0 Å². The molecule has 1 atom stereocenters. The molecule has 0 fully saturated rings.